The van der Waals surface area contributed by atoms with Crippen molar-refractivity contribution in [3.8, 4) is 0 Å². The predicted molar refractivity (Wildman–Crippen MR) is 55.4 cm³/mol. The molecule has 88 valence electrons. The topological polar surface area (TPSA) is 29.1 Å². The van der Waals surface area contributed by atoms with Crippen LogP contribution in [0.5, 0.6) is 0 Å². The maximum Gasteiger partial charge on any atom is 0.416 e. The van der Waals surface area contributed by atoms with E-state index in [4.69, 9.17) is 11.6 Å². The monoisotopic (exact) mass is 251 g/mol. The molecule has 2 nitrogen and oxygen atoms in total. The SMILES string of the molecule is C[C@@H](Cl)C(=O)Nc1cccc(C(F)(F)F)c1. The molecule has 0 aliphatic carbocycles. The van der Waals surface area contributed by atoms with Gasteiger partial charge in [0.25, 0.3) is 0 Å². The Balaban J connectivity index is 2.88. The normalized spacial score (nSPS) is 13.3. The van der Waals surface area contributed by atoms with Crippen LogP contribution in [0.2, 0.25) is 0 Å². The van der Waals surface area contributed by atoms with Gasteiger partial charge in [-0.15, -0.1) is 11.6 Å². The number of hydrogen-bond donors (Lipinski definition) is 1. The lowest BCUT2D eigenvalue weighted by molar-refractivity contribution is -0.137. The molecule has 1 rings (SSSR count). The highest BCUT2D eigenvalue weighted by Crippen LogP contribution is 2.30. The zero-order valence-electron chi connectivity index (χ0n) is 8.31. The molecular weight excluding hydrogens is 243 g/mol. The predicted octanol–water partition coefficient (Wildman–Crippen LogP) is 3.27. The molecule has 0 fully saturated rings. The van der Waals surface area contributed by atoms with E-state index in [1.807, 2.05) is 0 Å². The molecule has 1 aromatic carbocycles. The molecule has 1 aromatic rings. The molecule has 1 atom stereocenters. The van der Waals surface area contributed by atoms with Crippen molar-refractivity contribution in [3.63, 3.8) is 0 Å². The third-order valence-corrected chi connectivity index (χ3v) is 2.02. The van der Waals surface area contributed by atoms with Crippen LogP contribution in [0.4, 0.5) is 18.9 Å². The van der Waals surface area contributed by atoms with Crippen molar-refractivity contribution in [1.29, 1.82) is 0 Å². The smallest absolute Gasteiger partial charge is 0.325 e. The number of carbonyl (C=O) groups is 1. The van der Waals surface area contributed by atoms with E-state index in [2.05, 4.69) is 5.32 Å². The first-order valence-electron chi connectivity index (χ1n) is 4.43. The molecule has 1 N–H and O–H groups in total. The second-order valence-electron chi connectivity index (χ2n) is 3.18. The highest BCUT2D eigenvalue weighted by molar-refractivity contribution is 6.32. The summed E-state index contributed by atoms with van der Waals surface area (Å²) in [5.74, 6) is -0.541. The van der Waals surface area contributed by atoms with Gasteiger partial charge in [-0.05, 0) is 25.1 Å². The number of amides is 1. The van der Waals surface area contributed by atoms with E-state index in [1.54, 1.807) is 0 Å². The van der Waals surface area contributed by atoms with Crippen molar-refractivity contribution in [2.24, 2.45) is 0 Å². The summed E-state index contributed by atoms with van der Waals surface area (Å²) in [5, 5.41) is 1.49. The van der Waals surface area contributed by atoms with Crippen molar-refractivity contribution >= 4 is 23.2 Å². The number of nitrogens with one attached hydrogen (secondary N) is 1. The summed E-state index contributed by atoms with van der Waals surface area (Å²) in [6, 6.07) is 4.38. The second-order valence-corrected chi connectivity index (χ2v) is 3.84. The molecule has 0 unspecified atom stereocenters. The van der Waals surface area contributed by atoms with Gasteiger partial charge >= 0.3 is 6.18 Å². The molecule has 0 saturated carbocycles. The standard InChI is InChI=1S/C10H9ClF3NO/c1-6(11)9(16)15-8-4-2-3-7(5-8)10(12,13)14/h2-6H,1H3,(H,15,16)/t6-/m1/s1. The van der Waals surface area contributed by atoms with E-state index >= 15 is 0 Å². The zero-order valence-corrected chi connectivity index (χ0v) is 9.06. The second kappa shape index (κ2) is 4.74. The highest BCUT2D eigenvalue weighted by Gasteiger charge is 2.30. The van der Waals surface area contributed by atoms with Crippen molar-refractivity contribution in [2.45, 2.75) is 18.5 Å². The summed E-state index contributed by atoms with van der Waals surface area (Å²) < 4.78 is 37.0. The third kappa shape index (κ3) is 3.41. The van der Waals surface area contributed by atoms with Gasteiger partial charge in [-0.3, -0.25) is 4.79 Å². The van der Waals surface area contributed by atoms with E-state index < -0.39 is 23.0 Å². The zero-order chi connectivity index (χ0) is 12.3. The molecule has 0 saturated heterocycles. The van der Waals surface area contributed by atoms with Crippen LogP contribution in [0.25, 0.3) is 0 Å². The quantitative estimate of drug-likeness (QED) is 0.803. The molecule has 0 aromatic heterocycles. The van der Waals surface area contributed by atoms with Gasteiger partial charge in [0.1, 0.15) is 5.38 Å². The summed E-state index contributed by atoms with van der Waals surface area (Å²) in [4.78, 5) is 11.1. The Morgan fingerprint density at radius 2 is 2.06 bits per heavy atom. The van der Waals surface area contributed by atoms with E-state index in [-0.39, 0.29) is 5.69 Å². The van der Waals surface area contributed by atoms with Crippen LogP contribution < -0.4 is 5.32 Å². The Kier molecular flexibility index (Phi) is 3.80. The lowest BCUT2D eigenvalue weighted by atomic mass is 10.2. The Morgan fingerprint density at radius 1 is 1.44 bits per heavy atom. The average molecular weight is 252 g/mol. The summed E-state index contributed by atoms with van der Waals surface area (Å²) in [5.41, 5.74) is -0.736. The number of halogens is 4. The van der Waals surface area contributed by atoms with Gasteiger partial charge in [0.2, 0.25) is 5.91 Å². The van der Waals surface area contributed by atoms with Gasteiger partial charge < -0.3 is 5.32 Å². The fourth-order valence-electron chi connectivity index (χ4n) is 1.01. The fraction of sp³-hybridized carbons (Fsp3) is 0.300. The number of alkyl halides is 4. The first kappa shape index (κ1) is 12.8. The molecule has 6 heteroatoms. The lowest BCUT2D eigenvalue weighted by Crippen LogP contribution is -2.20. The van der Waals surface area contributed by atoms with Gasteiger partial charge in [-0.1, -0.05) is 6.07 Å². The lowest BCUT2D eigenvalue weighted by Gasteiger charge is -2.10. The van der Waals surface area contributed by atoms with Crippen molar-refractivity contribution in [1.82, 2.24) is 0 Å². The van der Waals surface area contributed by atoms with Gasteiger partial charge in [0.05, 0.1) is 5.56 Å². The number of benzene rings is 1. The molecule has 0 aliphatic rings. The van der Waals surface area contributed by atoms with E-state index in [9.17, 15) is 18.0 Å². The maximum atomic E-state index is 12.3. The number of hydrogen-bond acceptors (Lipinski definition) is 1. The van der Waals surface area contributed by atoms with Gasteiger partial charge in [0, 0.05) is 5.69 Å². The maximum absolute atomic E-state index is 12.3. The van der Waals surface area contributed by atoms with E-state index in [0.29, 0.717) is 0 Å². The molecule has 0 spiro atoms. The molecule has 16 heavy (non-hydrogen) atoms. The van der Waals surface area contributed by atoms with Crippen molar-refractivity contribution in [3.05, 3.63) is 29.8 Å². The first-order chi connectivity index (χ1) is 7.30. The largest absolute Gasteiger partial charge is 0.416 e. The van der Waals surface area contributed by atoms with Crippen LogP contribution in [0.15, 0.2) is 24.3 Å². The van der Waals surface area contributed by atoms with Gasteiger partial charge in [0.15, 0.2) is 0 Å². The van der Waals surface area contributed by atoms with Crippen LogP contribution in [-0.4, -0.2) is 11.3 Å². The molecular formula is C10H9ClF3NO. The van der Waals surface area contributed by atoms with Crippen molar-refractivity contribution in [2.75, 3.05) is 5.32 Å². The minimum Gasteiger partial charge on any atom is -0.325 e. The van der Waals surface area contributed by atoms with Gasteiger partial charge in [-0.2, -0.15) is 13.2 Å². The number of rotatable bonds is 2. The average Bonchev–Trinajstić information content (AvgIpc) is 2.16. The van der Waals surface area contributed by atoms with E-state index in [0.717, 1.165) is 12.1 Å². The highest BCUT2D eigenvalue weighted by atomic mass is 35.5. The summed E-state index contributed by atoms with van der Waals surface area (Å²) in [6.45, 7) is 1.44. The van der Waals surface area contributed by atoms with Crippen LogP contribution in [0, 0.1) is 0 Å². The third-order valence-electron chi connectivity index (χ3n) is 1.82. The minimum atomic E-state index is -4.42. The van der Waals surface area contributed by atoms with Crippen LogP contribution in [-0.2, 0) is 11.0 Å². The van der Waals surface area contributed by atoms with E-state index in [1.165, 1.54) is 19.1 Å². The fourth-order valence-corrected chi connectivity index (χ4v) is 1.07. The molecule has 0 aliphatic heterocycles. The summed E-state index contributed by atoms with van der Waals surface area (Å²) >= 11 is 5.47. The molecule has 0 radical (unpaired) electrons. The molecule has 0 heterocycles. The Bertz CT molecular complexity index is 390. The Morgan fingerprint density at radius 3 is 2.56 bits per heavy atom. The Hall–Kier alpha value is -1.23. The summed E-state index contributed by atoms with van der Waals surface area (Å²) in [6.07, 6.45) is -4.42. The van der Waals surface area contributed by atoms with Crippen LogP contribution in [0.3, 0.4) is 0 Å². The summed E-state index contributed by atoms with van der Waals surface area (Å²) in [7, 11) is 0. The number of carbonyl (C=O) groups excluding carboxylic acids is 1. The molecule has 1 amide bonds. The first-order valence-corrected chi connectivity index (χ1v) is 4.86. The van der Waals surface area contributed by atoms with Crippen molar-refractivity contribution < 1.29 is 18.0 Å². The van der Waals surface area contributed by atoms with Gasteiger partial charge in [-0.25, -0.2) is 0 Å². The Labute approximate surface area is 95.4 Å². The van der Waals surface area contributed by atoms with Crippen LogP contribution in [0.1, 0.15) is 12.5 Å². The van der Waals surface area contributed by atoms with Crippen LogP contribution >= 0.6 is 11.6 Å². The number of anilines is 1. The molecule has 0 bridgehead atoms. The minimum absolute atomic E-state index is 0.0762.